The second-order valence-corrected chi connectivity index (χ2v) is 4.90. The van der Waals surface area contributed by atoms with Gasteiger partial charge in [0.15, 0.2) is 11.6 Å². The maximum absolute atomic E-state index is 5.47. The quantitative estimate of drug-likeness (QED) is 0.712. The normalized spacial score (nSPS) is 13.4. The van der Waals surface area contributed by atoms with Gasteiger partial charge >= 0.3 is 0 Å². The van der Waals surface area contributed by atoms with E-state index in [4.69, 9.17) is 9.40 Å². The Morgan fingerprint density at radius 3 is 2.75 bits per heavy atom. The monoisotopic (exact) mass is 263 g/mol. The van der Waals surface area contributed by atoms with E-state index in [1.165, 1.54) is 17.5 Å². The summed E-state index contributed by atoms with van der Waals surface area (Å²) >= 11 is 0. The fourth-order valence-electron chi connectivity index (χ4n) is 2.74. The van der Waals surface area contributed by atoms with Crippen LogP contribution < -0.4 is 0 Å². The molecule has 3 aromatic rings. The smallest absolute Gasteiger partial charge is 0.178 e. The zero-order valence-electron chi connectivity index (χ0n) is 10.9. The van der Waals surface area contributed by atoms with Gasteiger partial charge in [0.05, 0.1) is 6.26 Å². The molecule has 0 aromatic carbocycles. The molecule has 4 nitrogen and oxygen atoms in total. The van der Waals surface area contributed by atoms with Gasteiger partial charge in [-0.05, 0) is 54.7 Å². The van der Waals surface area contributed by atoms with Crippen LogP contribution in [0, 0.1) is 0 Å². The first-order chi connectivity index (χ1) is 9.92. The van der Waals surface area contributed by atoms with Gasteiger partial charge in [0.2, 0.25) is 0 Å². The highest BCUT2D eigenvalue weighted by Gasteiger charge is 2.21. The molecule has 0 fully saturated rings. The van der Waals surface area contributed by atoms with Crippen LogP contribution in [-0.2, 0) is 12.8 Å². The summed E-state index contributed by atoms with van der Waals surface area (Å²) in [5, 5.41) is 0. The van der Waals surface area contributed by atoms with Gasteiger partial charge in [-0.3, -0.25) is 0 Å². The predicted molar refractivity (Wildman–Crippen MR) is 75.0 cm³/mol. The fraction of sp³-hybridized carbons (Fsp3) is 0.188. The van der Waals surface area contributed by atoms with Crippen LogP contribution in [0.25, 0.3) is 23.0 Å². The molecule has 0 amide bonds. The molecule has 0 unspecified atom stereocenters. The second kappa shape index (κ2) is 4.56. The van der Waals surface area contributed by atoms with Crippen molar-refractivity contribution in [3.8, 4) is 23.0 Å². The number of aromatic nitrogens is 3. The first kappa shape index (κ1) is 11.3. The van der Waals surface area contributed by atoms with Crippen LogP contribution in [0.5, 0.6) is 0 Å². The van der Waals surface area contributed by atoms with Crippen molar-refractivity contribution in [1.82, 2.24) is 15.0 Å². The van der Waals surface area contributed by atoms with Gasteiger partial charge in [0.25, 0.3) is 0 Å². The van der Waals surface area contributed by atoms with Crippen LogP contribution in [0.15, 0.2) is 47.3 Å². The number of hydrogen-bond donors (Lipinski definition) is 0. The zero-order valence-corrected chi connectivity index (χ0v) is 10.9. The van der Waals surface area contributed by atoms with Gasteiger partial charge in [0, 0.05) is 12.4 Å². The largest absolute Gasteiger partial charge is 0.463 e. The molecule has 0 aliphatic heterocycles. The molecule has 1 aliphatic rings. The summed E-state index contributed by atoms with van der Waals surface area (Å²) in [5.74, 6) is 1.48. The Kier molecular flexibility index (Phi) is 2.59. The molecule has 1 aliphatic carbocycles. The van der Waals surface area contributed by atoms with Gasteiger partial charge in [-0.15, -0.1) is 0 Å². The Morgan fingerprint density at radius 2 is 1.95 bits per heavy atom. The van der Waals surface area contributed by atoms with Crippen molar-refractivity contribution in [2.45, 2.75) is 19.3 Å². The Hall–Kier alpha value is -2.49. The van der Waals surface area contributed by atoms with E-state index in [1.54, 1.807) is 18.7 Å². The van der Waals surface area contributed by atoms with E-state index < -0.39 is 0 Å². The van der Waals surface area contributed by atoms with E-state index in [-0.39, 0.29) is 0 Å². The molecule has 98 valence electrons. The maximum Gasteiger partial charge on any atom is 0.178 e. The maximum atomic E-state index is 5.47. The Bertz CT molecular complexity index is 736. The van der Waals surface area contributed by atoms with Crippen LogP contribution in [0.4, 0.5) is 0 Å². The highest BCUT2D eigenvalue weighted by molar-refractivity contribution is 5.65. The molecule has 4 heteroatoms. The number of rotatable bonds is 2. The third-order valence-corrected chi connectivity index (χ3v) is 3.64. The summed E-state index contributed by atoms with van der Waals surface area (Å²) in [5.41, 5.74) is 4.38. The molecule has 0 saturated heterocycles. The zero-order chi connectivity index (χ0) is 13.4. The molecule has 4 rings (SSSR count). The number of hydrogen-bond acceptors (Lipinski definition) is 4. The second-order valence-electron chi connectivity index (χ2n) is 4.90. The molecule has 20 heavy (non-hydrogen) atoms. The number of pyridine rings is 1. The fourth-order valence-corrected chi connectivity index (χ4v) is 2.74. The molecule has 0 bridgehead atoms. The minimum absolute atomic E-state index is 0.694. The van der Waals surface area contributed by atoms with Gasteiger partial charge in [0.1, 0.15) is 11.4 Å². The highest BCUT2D eigenvalue weighted by atomic mass is 16.3. The van der Waals surface area contributed by atoms with Crippen molar-refractivity contribution in [2.75, 3.05) is 0 Å². The molecule has 0 radical (unpaired) electrons. The Morgan fingerprint density at radius 1 is 1.05 bits per heavy atom. The molecular weight excluding hydrogens is 250 g/mol. The molecule has 0 spiro atoms. The van der Waals surface area contributed by atoms with E-state index in [9.17, 15) is 0 Å². The van der Waals surface area contributed by atoms with Crippen molar-refractivity contribution in [1.29, 1.82) is 0 Å². The van der Waals surface area contributed by atoms with E-state index in [0.29, 0.717) is 5.82 Å². The van der Waals surface area contributed by atoms with Gasteiger partial charge in [-0.2, -0.15) is 0 Å². The number of fused-ring (bicyclic) bond motifs is 1. The lowest BCUT2D eigenvalue weighted by molar-refractivity contribution is 0.580. The van der Waals surface area contributed by atoms with E-state index in [0.717, 1.165) is 30.0 Å². The molecule has 0 atom stereocenters. The summed E-state index contributed by atoms with van der Waals surface area (Å²) in [4.78, 5) is 13.4. The van der Waals surface area contributed by atoms with E-state index in [2.05, 4.69) is 16.0 Å². The third kappa shape index (κ3) is 1.81. The summed E-state index contributed by atoms with van der Waals surface area (Å²) in [7, 11) is 0. The number of nitrogens with zero attached hydrogens (tertiary/aromatic N) is 3. The number of furan rings is 1. The first-order valence-corrected chi connectivity index (χ1v) is 6.76. The predicted octanol–water partition coefficient (Wildman–Crippen LogP) is 3.29. The minimum atomic E-state index is 0.694. The summed E-state index contributed by atoms with van der Waals surface area (Å²) in [6.45, 7) is 0. The lowest BCUT2D eigenvalue weighted by atomic mass is 10.1. The number of aryl methyl sites for hydroxylation is 1. The average Bonchev–Trinajstić information content (AvgIpc) is 3.18. The van der Waals surface area contributed by atoms with Gasteiger partial charge in [-0.25, -0.2) is 15.0 Å². The van der Waals surface area contributed by atoms with Crippen molar-refractivity contribution >= 4 is 0 Å². The van der Waals surface area contributed by atoms with Crippen LogP contribution in [-0.4, -0.2) is 15.0 Å². The van der Waals surface area contributed by atoms with Gasteiger partial charge in [-0.1, -0.05) is 0 Å². The SMILES string of the molecule is c1cnc(-c2nc(-c3ccco3)cc3c2CCC3)nc1. The van der Waals surface area contributed by atoms with Crippen molar-refractivity contribution in [3.05, 3.63) is 54.0 Å². The highest BCUT2D eigenvalue weighted by Crippen LogP contribution is 2.32. The standard InChI is InChI=1S/C16H13N3O/c1-4-11-10-13(14-6-2-9-20-14)19-15(12(11)5-1)16-17-7-3-8-18-16/h2-3,6-10H,1,4-5H2. The Labute approximate surface area is 116 Å². The van der Waals surface area contributed by atoms with Crippen LogP contribution in [0.2, 0.25) is 0 Å². The van der Waals surface area contributed by atoms with Crippen LogP contribution >= 0.6 is 0 Å². The Balaban J connectivity index is 1.94. The van der Waals surface area contributed by atoms with Crippen LogP contribution in [0.1, 0.15) is 17.5 Å². The third-order valence-electron chi connectivity index (χ3n) is 3.64. The molecule has 3 aromatic heterocycles. The molecule has 0 saturated carbocycles. The first-order valence-electron chi connectivity index (χ1n) is 6.76. The van der Waals surface area contributed by atoms with Crippen LogP contribution in [0.3, 0.4) is 0 Å². The minimum Gasteiger partial charge on any atom is -0.463 e. The summed E-state index contributed by atoms with van der Waals surface area (Å²) < 4.78 is 5.47. The van der Waals surface area contributed by atoms with Crippen molar-refractivity contribution in [3.63, 3.8) is 0 Å². The summed E-state index contributed by atoms with van der Waals surface area (Å²) in [6, 6.07) is 7.76. The van der Waals surface area contributed by atoms with Crippen molar-refractivity contribution < 1.29 is 4.42 Å². The lowest BCUT2D eigenvalue weighted by Crippen LogP contribution is -1.98. The van der Waals surface area contributed by atoms with E-state index in [1.807, 2.05) is 18.2 Å². The van der Waals surface area contributed by atoms with Crippen molar-refractivity contribution in [2.24, 2.45) is 0 Å². The summed E-state index contributed by atoms with van der Waals surface area (Å²) in [6.07, 6.45) is 8.48. The lowest BCUT2D eigenvalue weighted by Gasteiger charge is -2.08. The molecule has 0 N–H and O–H groups in total. The molecule has 3 heterocycles. The van der Waals surface area contributed by atoms with Gasteiger partial charge < -0.3 is 4.42 Å². The molecular formula is C16H13N3O. The average molecular weight is 263 g/mol. The topological polar surface area (TPSA) is 51.8 Å². The van der Waals surface area contributed by atoms with E-state index >= 15 is 0 Å².